The molecule has 1 aliphatic rings. The first-order chi connectivity index (χ1) is 14.0. The highest BCUT2D eigenvalue weighted by atomic mass is 79.9. The molecule has 0 saturated heterocycles. The zero-order chi connectivity index (χ0) is 20.4. The Morgan fingerprint density at radius 3 is 2.38 bits per heavy atom. The van der Waals surface area contributed by atoms with Gasteiger partial charge in [-0.1, -0.05) is 40.2 Å². The van der Waals surface area contributed by atoms with Gasteiger partial charge in [0.2, 0.25) is 6.79 Å². The highest BCUT2D eigenvalue weighted by molar-refractivity contribution is 9.10. The Balaban J connectivity index is 1.57. The average Bonchev–Trinajstić information content (AvgIpc) is 3.21. The van der Waals surface area contributed by atoms with Crippen LogP contribution in [-0.2, 0) is 6.54 Å². The molecule has 3 aromatic rings. The van der Waals surface area contributed by atoms with Crippen LogP contribution in [0.2, 0.25) is 0 Å². The van der Waals surface area contributed by atoms with E-state index in [0.717, 1.165) is 10.0 Å². The van der Waals surface area contributed by atoms with E-state index in [2.05, 4.69) is 15.9 Å². The first-order valence-electron chi connectivity index (χ1n) is 9.06. The van der Waals surface area contributed by atoms with E-state index in [9.17, 15) is 9.59 Å². The number of rotatable bonds is 5. The van der Waals surface area contributed by atoms with E-state index in [0.29, 0.717) is 34.7 Å². The first-order valence-corrected chi connectivity index (χ1v) is 9.85. The monoisotopic (exact) mass is 451 g/mol. The third-order valence-corrected chi connectivity index (χ3v) is 5.24. The summed E-state index contributed by atoms with van der Waals surface area (Å²) in [5.74, 6) is 0.976. The lowest BCUT2D eigenvalue weighted by Crippen LogP contribution is -2.28. The van der Waals surface area contributed by atoms with Gasteiger partial charge in [0, 0.05) is 29.2 Å². The molecule has 3 aromatic carbocycles. The van der Waals surface area contributed by atoms with Gasteiger partial charge < -0.3 is 14.4 Å². The van der Waals surface area contributed by atoms with E-state index in [-0.39, 0.29) is 18.5 Å². The van der Waals surface area contributed by atoms with Crippen LogP contribution < -0.4 is 9.47 Å². The fraction of sp³-hybridized carbons (Fsp3) is 0.130. The Kier molecular flexibility index (Phi) is 5.36. The normalized spacial score (nSPS) is 11.9. The van der Waals surface area contributed by atoms with E-state index < -0.39 is 0 Å². The molecule has 0 bridgehead atoms. The number of fused-ring (bicyclic) bond motifs is 1. The van der Waals surface area contributed by atoms with Gasteiger partial charge in [-0.15, -0.1) is 0 Å². The number of carbonyl (C=O) groups excluding carboxylic acids is 2. The summed E-state index contributed by atoms with van der Waals surface area (Å²) in [6, 6.07) is 19.6. The van der Waals surface area contributed by atoms with Crippen molar-refractivity contribution in [2.45, 2.75) is 6.54 Å². The van der Waals surface area contributed by atoms with Crippen LogP contribution >= 0.6 is 15.9 Å². The minimum absolute atomic E-state index is 0.182. The van der Waals surface area contributed by atoms with Crippen LogP contribution in [0.15, 0.2) is 71.2 Å². The number of ketones is 1. The fourth-order valence-corrected chi connectivity index (χ4v) is 3.48. The van der Waals surface area contributed by atoms with Crippen molar-refractivity contribution in [1.29, 1.82) is 0 Å². The summed E-state index contributed by atoms with van der Waals surface area (Å²) in [6.45, 7) is 0.593. The second-order valence-electron chi connectivity index (χ2n) is 6.73. The number of hydrogen-bond donors (Lipinski definition) is 0. The molecule has 0 aliphatic carbocycles. The largest absolute Gasteiger partial charge is 0.454 e. The van der Waals surface area contributed by atoms with E-state index in [1.807, 2.05) is 30.3 Å². The Morgan fingerprint density at radius 1 is 0.931 bits per heavy atom. The summed E-state index contributed by atoms with van der Waals surface area (Å²) >= 11 is 3.37. The summed E-state index contributed by atoms with van der Waals surface area (Å²) in [4.78, 5) is 27.7. The van der Waals surface area contributed by atoms with Crippen molar-refractivity contribution >= 4 is 27.6 Å². The van der Waals surface area contributed by atoms with Gasteiger partial charge >= 0.3 is 0 Å². The number of ether oxygens (including phenoxy) is 2. The molecule has 1 amide bonds. The topological polar surface area (TPSA) is 55.8 Å². The summed E-state index contributed by atoms with van der Waals surface area (Å²) in [7, 11) is 1.72. The molecule has 0 N–H and O–H groups in total. The molecule has 1 heterocycles. The third-order valence-electron chi connectivity index (χ3n) is 4.71. The molecule has 0 aromatic heterocycles. The van der Waals surface area contributed by atoms with Crippen LogP contribution in [0.25, 0.3) is 0 Å². The van der Waals surface area contributed by atoms with Crippen LogP contribution in [0.1, 0.15) is 31.8 Å². The predicted molar refractivity (Wildman–Crippen MR) is 112 cm³/mol. The van der Waals surface area contributed by atoms with Crippen molar-refractivity contribution in [3.8, 4) is 11.5 Å². The standard InChI is InChI=1S/C23H18BrNO4/c1-25(13-15-6-11-20-21(12-15)29-14-28-20)23(27)19-5-3-2-4-18(19)22(26)16-7-9-17(24)10-8-16/h2-12H,13-14H2,1H3. The molecule has 0 fully saturated rings. The third kappa shape index (κ3) is 4.03. The second kappa shape index (κ2) is 8.09. The number of carbonyl (C=O) groups is 2. The summed E-state index contributed by atoms with van der Waals surface area (Å²) in [5.41, 5.74) is 2.22. The number of halogens is 1. The Labute approximate surface area is 177 Å². The van der Waals surface area contributed by atoms with Gasteiger partial charge in [0.1, 0.15) is 0 Å². The van der Waals surface area contributed by atoms with Crippen molar-refractivity contribution in [2.24, 2.45) is 0 Å². The number of nitrogens with zero attached hydrogens (tertiary/aromatic N) is 1. The molecule has 0 saturated carbocycles. The van der Waals surface area contributed by atoms with Gasteiger partial charge in [0.25, 0.3) is 5.91 Å². The Bertz CT molecular complexity index is 1080. The zero-order valence-electron chi connectivity index (χ0n) is 15.7. The molecule has 4 rings (SSSR count). The van der Waals surface area contributed by atoms with Crippen LogP contribution in [0.5, 0.6) is 11.5 Å². The molecular formula is C23H18BrNO4. The molecule has 29 heavy (non-hydrogen) atoms. The summed E-state index contributed by atoms with van der Waals surface area (Å²) in [6.07, 6.45) is 0. The van der Waals surface area contributed by atoms with Crippen molar-refractivity contribution in [3.63, 3.8) is 0 Å². The van der Waals surface area contributed by atoms with Gasteiger partial charge in [-0.25, -0.2) is 0 Å². The summed E-state index contributed by atoms with van der Waals surface area (Å²) < 4.78 is 11.6. The molecule has 146 valence electrons. The summed E-state index contributed by atoms with van der Waals surface area (Å²) in [5, 5.41) is 0. The van der Waals surface area contributed by atoms with Crippen molar-refractivity contribution < 1.29 is 19.1 Å². The van der Waals surface area contributed by atoms with Crippen molar-refractivity contribution in [1.82, 2.24) is 4.90 Å². The first kappa shape index (κ1) is 19.2. The molecule has 1 aliphatic heterocycles. The van der Waals surface area contributed by atoms with Crippen LogP contribution in [0.3, 0.4) is 0 Å². The lowest BCUT2D eigenvalue weighted by molar-refractivity contribution is 0.0780. The van der Waals surface area contributed by atoms with E-state index in [1.54, 1.807) is 48.3 Å². The van der Waals surface area contributed by atoms with Gasteiger partial charge in [-0.2, -0.15) is 0 Å². The Morgan fingerprint density at radius 2 is 1.62 bits per heavy atom. The molecule has 6 heteroatoms. The molecular weight excluding hydrogens is 434 g/mol. The maximum absolute atomic E-state index is 13.1. The predicted octanol–water partition coefficient (Wildman–Crippen LogP) is 4.68. The lowest BCUT2D eigenvalue weighted by atomic mass is 9.97. The number of benzene rings is 3. The van der Waals surface area contributed by atoms with Crippen molar-refractivity contribution in [3.05, 3.63) is 93.5 Å². The minimum atomic E-state index is -0.219. The highest BCUT2D eigenvalue weighted by Gasteiger charge is 2.21. The van der Waals surface area contributed by atoms with Gasteiger partial charge in [-0.05, 0) is 48.0 Å². The number of hydrogen-bond acceptors (Lipinski definition) is 4. The molecule has 0 radical (unpaired) electrons. The molecule has 0 unspecified atom stereocenters. The van der Waals surface area contributed by atoms with Crippen molar-refractivity contribution in [2.75, 3.05) is 13.8 Å². The number of amides is 1. The lowest BCUT2D eigenvalue weighted by Gasteiger charge is -2.19. The van der Waals surface area contributed by atoms with Gasteiger partial charge in [-0.3, -0.25) is 9.59 Å². The van der Waals surface area contributed by atoms with Crippen LogP contribution in [0.4, 0.5) is 0 Å². The fourth-order valence-electron chi connectivity index (χ4n) is 3.21. The minimum Gasteiger partial charge on any atom is -0.454 e. The zero-order valence-corrected chi connectivity index (χ0v) is 17.3. The highest BCUT2D eigenvalue weighted by Crippen LogP contribution is 2.32. The van der Waals surface area contributed by atoms with E-state index in [4.69, 9.17) is 9.47 Å². The van der Waals surface area contributed by atoms with E-state index >= 15 is 0 Å². The maximum atomic E-state index is 13.1. The average molecular weight is 452 g/mol. The van der Waals surface area contributed by atoms with Gasteiger partial charge in [0.15, 0.2) is 17.3 Å². The second-order valence-corrected chi connectivity index (χ2v) is 7.65. The molecule has 0 atom stereocenters. The Hall–Kier alpha value is -3.12. The quantitative estimate of drug-likeness (QED) is 0.528. The van der Waals surface area contributed by atoms with Gasteiger partial charge in [0.05, 0.1) is 5.56 Å². The van der Waals surface area contributed by atoms with Crippen LogP contribution in [0, 0.1) is 0 Å². The van der Waals surface area contributed by atoms with Crippen LogP contribution in [-0.4, -0.2) is 30.4 Å². The van der Waals surface area contributed by atoms with E-state index in [1.165, 1.54) is 0 Å². The smallest absolute Gasteiger partial charge is 0.254 e. The molecule has 5 nitrogen and oxygen atoms in total. The SMILES string of the molecule is CN(Cc1ccc2c(c1)OCO2)C(=O)c1ccccc1C(=O)c1ccc(Br)cc1. The molecule has 0 spiro atoms. The maximum Gasteiger partial charge on any atom is 0.254 e.